The molecule has 1 atom stereocenters. The molecule has 78 valence electrons. The Morgan fingerprint density at radius 3 is 2.80 bits per heavy atom. The molecule has 1 aliphatic rings. The van der Waals surface area contributed by atoms with Crippen LogP contribution in [0.4, 0.5) is 10.5 Å². The summed E-state index contributed by atoms with van der Waals surface area (Å²) in [6, 6.07) is 9.15. The van der Waals surface area contributed by atoms with E-state index in [2.05, 4.69) is 15.7 Å². The van der Waals surface area contributed by atoms with Gasteiger partial charge in [0.25, 0.3) is 0 Å². The van der Waals surface area contributed by atoms with E-state index in [9.17, 15) is 4.79 Å². The quantitative estimate of drug-likeness (QED) is 0.822. The lowest BCUT2D eigenvalue weighted by molar-refractivity contribution is 0.213. The van der Waals surface area contributed by atoms with E-state index in [1.807, 2.05) is 37.3 Å². The van der Waals surface area contributed by atoms with Crippen LogP contribution in [0.15, 0.2) is 40.6 Å². The Balaban J connectivity index is 2.09. The largest absolute Gasteiger partial charge is 0.382 e. The Labute approximate surface area is 87.8 Å². The van der Waals surface area contributed by atoms with E-state index in [0.29, 0.717) is 0 Å². The molecule has 0 saturated carbocycles. The number of hydrazine groups is 1. The molecule has 15 heavy (non-hydrogen) atoms. The lowest BCUT2D eigenvalue weighted by Crippen LogP contribution is -2.37. The number of benzene rings is 1. The fourth-order valence-corrected chi connectivity index (χ4v) is 1.38. The monoisotopic (exact) mass is 204 g/mol. The highest BCUT2D eigenvalue weighted by Gasteiger charge is 2.27. The van der Waals surface area contributed by atoms with Crippen LogP contribution in [0.1, 0.15) is 13.3 Å². The van der Waals surface area contributed by atoms with E-state index in [1.54, 1.807) is 0 Å². The molecule has 5 nitrogen and oxygen atoms in total. The Hall–Kier alpha value is -1.91. The van der Waals surface area contributed by atoms with Gasteiger partial charge in [-0.05, 0) is 18.6 Å². The lowest BCUT2D eigenvalue weighted by atomic mass is 10.3. The summed E-state index contributed by atoms with van der Waals surface area (Å²) >= 11 is 0. The zero-order chi connectivity index (χ0) is 10.7. The summed E-state index contributed by atoms with van der Waals surface area (Å²) in [5, 5.41) is 8.81. The molecule has 1 heterocycles. The van der Waals surface area contributed by atoms with Crippen molar-refractivity contribution < 1.29 is 4.79 Å². The van der Waals surface area contributed by atoms with Crippen molar-refractivity contribution in [1.82, 2.24) is 5.01 Å². The van der Waals surface area contributed by atoms with Gasteiger partial charge in [0.1, 0.15) is 0 Å². The maximum absolute atomic E-state index is 11.4. The third-order valence-corrected chi connectivity index (χ3v) is 2.17. The minimum Gasteiger partial charge on any atom is -0.292 e. The summed E-state index contributed by atoms with van der Waals surface area (Å²) in [7, 11) is 0. The van der Waals surface area contributed by atoms with Crippen molar-refractivity contribution in [3.63, 3.8) is 0 Å². The van der Waals surface area contributed by atoms with Crippen LogP contribution in [0.5, 0.6) is 0 Å². The molecule has 1 N–H and O–H groups in total. The number of anilines is 1. The number of amides is 2. The summed E-state index contributed by atoms with van der Waals surface area (Å²) in [5.41, 5.74) is 3.85. The van der Waals surface area contributed by atoms with Crippen LogP contribution in [-0.4, -0.2) is 17.2 Å². The third-order valence-electron chi connectivity index (χ3n) is 2.17. The van der Waals surface area contributed by atoms with Gasteiger partial charge in [-0.25, -0.2) is 9.80 Å². The number of hydrogen-bond donors (Lipinski definition) is 1. The van der Waals surface area contributed by atoms with Gasteiger partial charge in [0.05, 0.1) is 5.69 Å². The van der Waals surface area contributed by atoms with Gasteiger partial charge in [0.15, 0.2) is 6.17 Å². The Morgan fingerprint density at radius 1 is 1.40 bits per heavy atom. The number of urea groups is 1. The summed E-state index contributed by atoms with van der Waals surface area (Å²) in [5.74, 6) is 0. The minimum atomic E-state index is -0.342. The van der Waals surface area contributed by atoms with E-state index < -0.39 is 0 Å². The summed E-state index contributed by atoms with van der Waals surface area (Å²) in [6.45, 7) is 1.96. The van der Waals surface area contributed by atoms with Crippen molar-refractivity contribution in [2.75, 3.05) is 5.43 Å². The van der Waals surface area contributed by atoms with Crippen LogP contribution in [-0.2, 0) is 0 Å². The molecule has 0 aliphatic carbocycles. The van der Waals surface area contributed by atoms with Crippen molar-refractivity contribution in [2.24, 2.45) is 10.2 Å². The van der Waals surface area contributed by atoms with Crippen molar-refractivity contribution >= 4 is 11.7 Å². The van der Waals surface area contributed by atoms with Crippen LogP contribution in [0.2, 0.25) is 0 Å². The highest BCUT2D eigenvalue weighted by Crippen LogP contribution is 2.17. The molecule has 1 unspecified atom stereocenters. The van der Waals surface area contributed by atoms with E-state index in [0.717, 1.165) is 12.1 Å². The minimum absolute atomic E-state index is 0.197. The number of carbonyl (C=O) groups excluding carboxylic acids is 1. The number of nitrogens with one attached hydrogen (secondary N) is 1. The zero-order valence-corrected chi connectivity index (χ0v) is 8.42. The maximum Gasteiger partial charge on any atom is 0.382 e. The number of carbonyl (C=O) groups is 1. The molecule has 1 aliphatic heterocycles. The van der Waals surface area contributed by atoms with Gasteiger partial charge >= 0.3 is 6.03 Å². The third kappa shape index (κ3) is 1.96. The molecule has 0 bridgehead atoms. The van der Waals surface area contributed by atoms with Gasteiger partial charge in [-0.2, -0.15) is 5.11 Å². The second kappa shape index (κ2) is 4.08. The second-order valence-electron chi connectivity index (χ2n) is 3.23. The van der Waals surface area contributed by atoms with Gasteiger partial charge in [0, 0.05) is 0 Å². The number of nitrogens with zero attached hydrogens (tertiary/aromatic N) is 3. The summed E-state index contributed by atoms with van der Waals surface area (Å²) < 4.78 is 0. The lowest BCUT2D eigenvalue weighted by Gasteiger charge is -2.21. The second-order valence-corrected chi connectivity index (χ2v) is 3.23. The molecular weight excluding hydrogens is 192 g/mol. The predicted molar refractivity (Wildman–Crippen MR) is 56.2 cm³/mol. The average Bonchev–Trinajstić information content (AvgIpc) is 2.62. The normalized spacial score (nSPS) is 19.7. The molecule has 0 saturated heterocycles. The van der Waals surface area contributed by atoms with Gasteiger partial charge in [-0.15, -0.1) is 0 Å². The number of hydrogen-bond acceptors (Lipinski definition) is 3. The molecule has 5 heteroatoms. The average molecular weight is 204 g/mol. The van der Waals surface area contributed by atoms with Crippen LogP contribution in [0.3, 0.4) is 0 Å². The molecule has 0 radical (unpaired) electrons. The van der Waals surface area contributed by atoms with Gasteiger partial charge < -0.3 is 0 Å². The number of azo groups is 1. The van der Waals surface area contributed by atoms with Crippen molar-refractivity contribution in [2.45, 2.75) is 19.5 Å². The maximum atomic E-state index is 11.4. The predicted octanol–water partition coefficient (Wildman–Crippen LogP) is 2.64. The van der Waals surface area contributed by atoms with Gasteiger partial charge in [-0.1, -0.05) is 30.2 Å². The van der Waals surface area contributed by atoms with Gasteiger partial charge in [-0.3, -0.25) is 5.43 Å². The first kappa shape index (κ1) is 9.64. The van der Waals surface area contributed by atoms with Crippen LogP contribution >= 0.6 is 0 Å². The smallest absolute Gasteiger partial charge is 0.292 e. The molecular formula is C10H12N4O. The summed E-state index contributed by atoms with van der Waals surface area (Å²) in [4.78, 5) is 11.4. The van der Waals surface area contributed by atoms with Crippen LogP contribution in [0.25, 0.3) is 0 Å². The topological polar surface area (TPSA) is 57.1 Å². The van der Waals surface area contributed by atoms with E-state index in [1.165, 1.54) is 5.01 Å². The molecule has 1 aromatic rings. The standard InChI is InChI=1S/C10H12N4O/c1-2-9-11-12-10(15)14(9)13-8-6-4-3-5-7-8/h3-7,9,13H,2H2,1H3. The van der Waals surface area contributed by atoms with Crippen molar-refractivity contribution in [3.05, 3.63) is 30.3 Å². The molecule has 1 aromatic carbocycles. The van der Waals surface area contributed by atoms with Crippen LogP contribution < -0.4 is 5.43 Å². The molecule has 0 fully saturated rings. The van der Waals surface area contributed by atoms with E-state index >= 15 is 0 Å². The summed E-state index contributed by atoms with van der Waals surface area (Å²) in [6.07, 6.45) is 0.549. The van der Waals surface area contributed by atoms with Crippen LogP contribution in [0, 0.1) is 0 Å². The molecule has 2 rings (SSSR count). The van der Waals surface area contributed by atoms with Gasteiger partial charge in [0.2, 0.25) is 0 Å². The van der Waals surface area contributed by atoms with Crippen molar-refractivity contribution in [1.29, 1.82) is 0 Å². The zero-order valence-electron chi connectivity index (χ0n) is 8.42. The highest BCUT2D eigenvalue weighted by molar-refractivity contribution is 5.77. The number of para-hydroxylation sites is 1. The SMILES string of the molecule is CCC1N=NC(=O)N1Nc1ccccc1. The number of rotatable bonds is 3. The van der Waals surface area contributed by atoms with Crippen molar-refractivity contribution in [3.8, 4) is 0 Å². The Morgan fingerprint density at radius 2 is 2.13 bits per heavy atom. The van der Waals surface area contributed by atoms with E-state index in [-0.39, 0.29) is 12.2 Å². The Kier molecular flexibility index (Phi) is 2.62. The molecule has 0 spiro atoms. The first-order chi connectivity index (χ1) is 7.31. The first-order valence-corrected chi connectivity index (χ1v) is 4.87. The molecule has 0 aromatic heterocycles. The first-order valence-electron chi connectivity index (χ1n) is 4.87. The van der Waals surface area contributed by atoms with E-state index in [4.69, 9.17) is 0 Å². The Bertz CT molecular complexity index is 376. The fourth-order valence-electron chi connectivity index (χ4n) is 1.38. The molecule has 2 amide bonds. The highest BCUT2D eigenvalue weighted by atomic mass is 16.2. The fraction of sp³-hybridized carbons (Fsp3) is 0.300.